The highest BCUT2D eigenvalue weighted by Gasteiger charge is 2.27. The summed E-state index contributed by atoms with van der Waals surface area (Å²) in [6.45, 7) is 3.35. The van der Waals surface area contributed by atoms with Crippen LogP contribution in [0, 0.1) is 6.92 Å². The van der Waals surface area contributed by atoms with Gasteiger partial charge in [0.25, 0.3) is 11.5 Å². The number of benzene rings is 1. The minimum absolute atomic E-state index is 0.201. The van der Waals surface area contributed by atoms with Gasteiger partial charge in [-0.25, -0.2) is 0 Å². The summed E-state index contributed by atoms with van der Waals surface area (Å²) in [5.41, 5.74) is 2.30. The number of amides is 1. The zero-order valence-electron chi connectivity index (χ0n) is 14.8. The van der Waals surface area contributed by atoms with E-state index >= 15 is 0 Å². The first kappa shape index (κ1) is 16.9. The second-order valence-electron chi connectivity index (χ2n) is 6.34. The molecule has 8 nitrogen and oxygen atoms in total. The van der Waals surface area contributed by atoms with E-state index in [4.69, 9.17) is 0 Å². The van der Waals surface area contributed by atoms with Gasteiger partial charge >= 0.3 is 0 Å². The molecule has 0 atom stereocenters. The Balaban J connectivity index is 1.56. The van der Waals surface area contributed by atoms with Crippen molar-refractivity contribution in [2.45, 2.75) is 20.0 Å². The summed E-state index contributed by atoms with van der Waals surface area (Å²) in [5.74, 6) is -0.0897. The highest BCUT2D eigenvalue weighted by atomic mass is 16.2. The Morgan fingerprint density at radius 3 is 2.70 bits per heavy atom. The number of carbonyl (C=O) groups is 1. The monoisotopic (exact) mass is 362 g/mol. The summed E-state index contributed by atoms with van der Waals surface area (Å²) in [6, 6.07) is 11.6. The maximum atomic E-state index is 12.7. The molecule has 0 saturated carbocycles. The average molecular weight is 362 g/mol. The van der Waals surface area contributed by atoms with Crippen molar-refractivity contribution in [2.24, 2.45) is 0 Å². The smallest absolute Gasteiger partial charge is 0.286 e. The summed E-state index contributed by atoms with van der Waals surface area (Å²) in [6.07, 6.45) is 3.31. The van der Waals surface area contributed by atoms with Crippen LogP contribution in [0.2, 0.25) is 0 Å². The molecule has 3 aromatic rings. The second-order valence-corrected chi connectivity index (χ2v) is 6.34. The van der Waals surface area contributed by atoms with Gasteiger partial charge in [-0.2, -0.15) is 0 Å². The number of rotatable bonds is 4. The van der Waals surface area contributed by atoms with E-state index in [9.17, 15) is 9.59 Å². The number of hydrogen-bond acceptors (Lipinski definition) is 6. The first-order valence-electron chi connectivity index (χ1n) is 8.62. The van der Waals surface area contributed by atoms with Gasteiger partial charge < -0.3 is 10.2 Å². The lowest BCUT2D eigenvalue weighted by Gasteiger charge is -2.16. The van der Waals surface area contributed by atoms with Gasteiger partial charge in [0.2, 0.25) is 11.6 Å². The standard InChI is InChI=1S/C19H18N6O2/c1-13-4-6-15(7-5-13)24-9-10-25-18(27)16(22-23-19(24)25)17(26)21-12-14-3-2-8-20-11-14/h2-8,11H,9-10,12H2,1H3,(H,21,26). The van der Waals surface area contributed by atoms with Crippen molar-refractivity contribution in [3.05, 3.63) is 76.0 Å². The molecular formula is C19H18N6O2. The van der Waals surface area contributed by atoms with E-state index in [1.165, 1.54) is 4.57 Å². The van der Waals surface area contributed by atoms with Crippen LogP contribution in [0.5, 0.6) is 0 Å². The van der Waals surface area contributed by atoms with E-state index in [1.807, 2.05) is 42.2 Å². The summed E-state index contributed by atoms with van der Waals surface area (Å²) in [5, 5.41) is 10.7. The molecule has 27 heavy (non-hydrogen) atoms. The number of aryl methyl sites for hydroxylation is 1. The summed E-state index contributed by atoms with van der Waals surface area (Å²) in [4.78, 5) is 31.0. The van der Waals surface area contributed by atoms with Gasteiger partial charge in [-0.3, -0.25) is 19.1 Å². The fourth-order valence-corrected chi connectivity index (χ4v) is 2.99. The third-order valence-electron chi connectivity index (χ3n) is 4.45. The molecule has 0 spiro atoms. The minimum atomic E-state index is -0.541. The van der Waals surface area contributed by atoms with Gasteiger partial charge in [0, 0.05) is 37.7 Å². The molecule has 0 radical (unpaired) electrons. The van der Waals surface area contributed by atoms with Crippen LogP contribution in [0.3, 0.4) is 0 Å². The lowest BCUT2D eigenvalue weighted by molar-refractivity contribution is 0.0942. The van der Waals surface area contributed by atoms with Crippen molar-refractivity contribution >= 4 is 17.5 Å². The Bertz CT molecular complexity index is 1030. The van der Waals surface area contributed by atoms with Crippen LogP contribution in [-0.4, -0.2) is 32.2 Å². The molecule has 1 aliphatic heterocycles. The largest absolute Gasteiger partial charge is 0.346 e. The molecule has 4 rings (SSSR count). The molecule has 0 bridgehead atoms. The van der Waals surface area contributed by atoms with E-state index < -0.39 is 11.5 Å². The molecule has 1 aliphatic rings. The number of carbonyl (C=O) groups excluding carboxylic acids is 1. The Morgan fingerprint density at radius 1 is 1.15 bits per heavy atom. The normalized spacial score (nSPS) is 12.7. The van der Waals surface area contributed by atoms with E-state index in [2.05, 4.69) is 20.5 Å². The summed E-state index contributed by atoms with van der Waals surface area (Å²) >= 11 is 0. The molecule has 0 unspecified atom stereocenters. The van der Waals surface area contributed by atoms with Gasteiger partial charge in [0.05, 0.1) is 0 Å². The molecule has 0 fully saturated rings. The van der Waals surface area contributed by atoms with Crippen LogP contribution in [0.25, 0.3) is 0 Å². The third kappa shape index (κ3) is 3.29. The predicted molar refractivity (Wildman–Crippen MR) is 99.9 cm³/mol. The lowest BCUT2D eigenvalue weighted by atomic mass is 10.2. The summed E-state index contributed by atoms with van der Waals surface area (Å²) in [7, 11) is 0. The summed E-state index contributed by atoms with van der Waals surface area (Å²) < 4.78 is 1.49. The van der Waals surface area contributed by atoms with Crippen molar-refractivity contribution in [3.8, 4) is 0 Å². The van der Waals surface area contributed by atoms with E-state index in [-0.39, 0.29) is 12.2 Å². The van der Waals surface area contributed by atoms with Crippen LogP contribution in [0.4, 0.5) is 11.6 Å². The number of hydrogen-bond donors (Lipinski definition) is 1. The van der Waals surface area contributed by atoms with Gasteiger partial charge in [-0.15, -0.1) is 10.2 Å². The topological polar surface area (TPSA) is 93.0 Å². The van der Waals surface area contributed by atoms with Gasteiger partial charge in [-0.05, 0) is 30.7 Å². The van der Waals surface area contributed by atoms with E-state index in [0.29, 0.717) is 19.0 Å². The van der Waals surface area contributed by atoms with Crippen molar-refractivity contribution < 1.29 is 4.79 Å². The van der Waals surface area contributed by atoms with Crippen LogP contribution in [0.15, 0.2) is 53.6 Å². The fraction of sp³-hybridized carbons (Fsp3) is 0.211. The molecule has 1 aromatic carbocycles. The molecule has 2 aromatic heterocycles. The van der Waals surface area contributed by atoms with Crippen LogP contribution in [0.1, 0.15) is 21.6 Å². The number of aromatic nitrogens is 4. The molecule has 0 saturated heterocycles. The Labute approximate surface area is 155 Å². The Kier molecular flexibility index (Phi) is 4.37. The zero-order valence-corrected chi connectivity index (χ0v) is 14.8. The Hall–Kier alpha value is -3.55. The number of nitrogens with zero attached hydrogens (tertiary/aromatic N) is 5. The highest BCUT2D eigenvalue weighted by Crippen LogP contribution is 2.26. The molecule has 3 heterocycles. The first-order chi connectivity index (χ1) is 13.1. The maximum Gasteiger partial charge on any atom is 0.286 e. The van der Waals surface area contributed by atoms with Crippen molar-refractivity contribution in [3.63, 3.8) is 0 Å². The van der Waals surface area contributed by atoms with E-state index in [1.54, 1.807) is 18.5 Å². The number of anilines is 2. The molecule has 136 valence electrons. The van der Waals surface area contributed by atoms with Gasteiger partial charge in [-0.1, -0.05) is 23.8 Å². The SMILES string of the molecule is Cc1ccc(N2CCn3c2nnc(C(=O)NCc2cccnc2)c3=O)cc1. The fourth-order valence-electron chi connectivity index (χ4n) is 2.99. The lowest BCUT2D eigenvalue weighted by Crippen LogP contribution is -2.34. The maximum absolute atomic E-state index is 12.7. The van der Waals surface area contributed by atoms with Crippen LogP contribution < -0.4 is 15.8 Å². The number of pyridine rings is 1. The quantitative estimate of drug-likeness (QED) is 0.755. The van der Waals surface area contributed by atoms with Gasteiger partial charge in [0.15, 0.2) is 0 Å². The zero-order chi connectivity index (χ0) is 18.8. The molecule has 0 aliphatic carbocycles. The van der Waals surface area contributed by atoms with Crippen molar-refractivity contribution in [1.82, 2.24) is 25.1 Å². The second kappa shape index (κ2) is 6.99. The molecule has 1 amide bonds. The van der Waals surface area contributed by atoms with Gasteiger partial charge in [0.1, 0.15) is 0 Å². The molecular weight excluding hydrogens is 344 g/mol. The van der Waals surface area contributed by atoms with Crippen molar-refractivity contribution in [2.75, 3.05) is 11.4 Å². The predicted octanol–water partition coefficient (Wildman–Crippen LogP) is 1.42. The van der Waals surface area contributed by atoms with Crippen LogP contribution >= 0.6 is 0 Å². The number of nitrogens with one attached hydrogen (secondary N) is 1. The minimum Gasteiger partial charge on any atom is -0.346 e. The molecule has 1 N–H and O–H groups in total. The molecule has 8 heteroatoms. The number of fused-ring (bicyclic) bond motifs is 1. The first-order valence-corrected chi connectivity index (χ1v) is 8.62. The third-order valence-corrected chi connectivity index (χ3v) is 4.45. The van der Waals surface area contributed by atoms with Crippen molar-refractivity contribution in [1.29, 1.82) is 0 Å². The average Bonchev–Trinajstić information content (AvgIpc) is 3.13. The Morgan fingerprint density at radius 2 is 1.96 bits per heavy atom. The highest BCUT2D eigenvalue weighted by molar-refractivity contribution is 5.91. The van der Waals surface area contributed by atoms with Crippen LogP contribution in [-0.2, 0) is 13.1 Å². The van der Waals surface area contributed by atoms with E-state index in [0.717, 1.165) is 16.8 Å².